The molecule has 6 nitrogen and oxygen atoms in total. The van der Waals surface area contributed by atoms with Crippen molar-refractivity contribution in [1.29, 1.82) is 0 Å². The van der Waals surface area contributed by atoms with Crippen LogP contribution in [0.15, 0.2) is 24.3 Å². The van der Waals surface area contributed by atoms with Crippen molar-refractivity contribution in [3.8, 4) is 5.75 Å². The first kappa shape index (κ1) is 14.3. The van der Waals surface area contributed by atoms with Gasteiger partial charge in [-0.15, -0.1) is 0 Å². The molecule has 0 bridgehead atoms. The molecule has 0 spiro atoms. The molecule has 108 valence electrons. The lowest BCUT2D eigenvalue weighted by Crippen LogP contribution is -2.45. The van der Waals surface area contributed by atoms with Crippen LogP contribution >= 0.6 is 0 Å². The second-order valence-electron chi connectivity index (χ2n) is 4.29. The Bertz CT molecular complexity index is 484. The summed E-state index contributed by atoms with van der Waals surface area (Å²) in [4.78, 5) is 25.4. The van der Waals surface area contributed by atoms with E-state index in [0.717, 1.165) is 0 Å². The summed E-state index contributed by atoms with van der Waals surface area (Å²) in [6, 6.07) is 7.04. The van der Waals surface area contributed by atoms with Crippen LogP contribution in [0.3, 0.4) is 0 Å². The van der Waals surface area contributed by atoms with E-state index in [1.54, 1.807) is 18.2 Å². The van der Waals surface area contributed by atoms with Crippen LogP contribution in [0, 0.1) is 0 Å². The van der Waals surface area contributed by atoms with Crippen molar-refractivity contribution >= 4 is 17.5 Å². The topological polar surface area (TPSA) is 67.9 Å². The predicted molar refractivity (Wildman–Crippen MR) is 73.6 cm³/mol. The molecule has 1 aliphatic heterocycles. The zero-order valence-electron chi connectivity index (χ0n) is 11.4. The molecule has 0 radical (unpaired) electrons. The summed E-state index contributed by atoms with van der Waals surface area (Å²) < 4.78 is 10.6. The van der Waals surface area contributed by atoms with E-state index in [-0.39, 0.29) is 0 Å². The number of carbonyl (C=O) groups is 2. The largest absolute Gasteiger partial charge is 0.492 e. The monoisotopic (exact) mass is 278 g/mol. The molecule has 0 atom stereocenters. The highest BCUT2D eigenvalue weighted by Crippen LogP contribution is 2.23. The Morgan fingerprint density at radius 2 is 2.00 bits per heavy atom. The van der Waals surface area contributed by atoms with Gasteiger partial charge in [0.2, 0.25) is 0 Å². The van der Waals surface area contributed by atoms with Gasteiger partial charge in [-0.2, -0.15) is 0 Å². The van der Waals surface area contributed by atoms with Crippen LogP contribution in [-0.4, -0.2) is 49.6 Å². The highest BCUT2D eigenvalue weighted by molar-refractivity contribution is 6.39. The second-order valence-corrected chi connectivity index (χ2v) is 4.29. The fraction of sp³-hybridized carbons (Fsp3) is 0.429. The van der Waals surface area contributed by atoms with Crippen LogP contribution in [0.2, 0.25) is 0 Å². The molecule has 1 heterocycles. The van der Waals surface area contributed by atoms with E-state index >= 15 is 0 Å². The zero-order valence-corrected chi connectivity index (χ0v) is 11.4. The number of benzene rings is 1. The first-order chi connectivity index (χ1) is 9.72. The number of nitrogens with one attached hydrogen (secondary N) is 1. The summed E-state index contributed by atoms with van der Waals surface area (Å²) in [7, 11) is 0. The molecule has 1 aliphatic rings. The number of carbonyl (C=O) groups excluding carboxylic acids is 2. The maximum Gasteiger partial charge on any atom is 0.314 e. The SMILES string of the molecule is CCOc1ccccc1NC(=O)C(=O)N1CCOCC1. The summed E-state index contributed by atoms with van der Waals surface area (Å²) in [5.74, 6) is -0.642. The van der Waals surface area contributed by atoms with Gasteiger partial charge in [0.1, 0.15) is 5.75 Å². The normalized spacial score (nSPS) is 14.8. The molecule has 1 aromatic carbocycles. The second kappa shape index (κ2) is 6.91. The first-order valence-electron chi connectivity index (χ1n) is 6.62. The molecule has 0 aliphatic carbocycles. The number of hydrogen-bond donors (Lipinski definition) is 1. The molecule has 1 aromatic rings. The van der Waals surface area contributed by atoms with Gasteiger partial charge in [0.15, 0.2) is 0 Å². The smallest absolute Gasteiger partial charge is 0.314 e. The molecule has 1 saturated heterocycles. The molecular formula is C14H18N2O4. The third-order valence-electron chi connectivity index (χ3n) is 2.93. The molecule has 0 saturated carbocycles. The molecule has 2 rings (SSSR count). The molecular weight excluding hydrogens is 260 g/mol. The highest BCUT2D eigenvalue weighted by Gasteiger charge is 2.24. The van der Waals surface area contributed by atoms with Crippen molar-refractivity contribution in [2.24, 2.45) is 0 Å². The van der Waals surface area contributed by atoms with E-state index in [1.807, 2.05) is 13.0 Å². The Hall–Kier alpha value is -2.08. The van der Waals surface area contributed by atoms with Crippen LogP contribution in [0.25, 0.3) is 0 Å². The van der Waals surface area contributed by atoms with Crippen molar-refractivity contribution in [2.45, 2.75) is 6.92 Å². The molecule has 20 heavy (non-hydrogen) atoms. The average Bonchev–Trinajstić information content (AvgIpc) is 2.49. The Morgan fingerprint density at radius 1 is 1.30 bits per heavy atom. The Balaban J connectivity index is 2.01. The molecule has 0 aromatic heterocycles. The van der Waals surface area contributed by atoms with E-state index in [1.165, 1.54) is 4.90 Å². The van der Waals surface area contributed by atoms with Crippen LogP contribution in [0.1, 0.15) is 6.92 Å². The minimum Gasteiger partial charge on any atom is -0.492 e. The minimum absolute atomic E-state index is 0.444. The number of anilines is 1. The van der Waals surface area contributed by atoms with E-state index < -0.39 is 11.8 Å². The van der Waals surface area contributed by atoms with Crippen LogP contribution in [-0.2, 0) is 14.3 Å². The van der Waals surface area contributed by atoms with Crippen molar-refractivity contribution in [2.75, 3.05) is 38.2 Å². The van der Waals surface area contributed by atoms with Crippen molar-refractivity contribution in [1.82, 2.24) is 4.90 Å². The van der Waals surface area contributed by atoms with Crippen molar-refractivity contribution in [3.63, 3.8) is 0 Å². The Kier molecular flexibility index (Phi) is 4.95. The number of morpholine rings is 1. The summed E-state index contributed by atoms with van der Waals surface area (Å²) >= 11 is 0. The van der Waals surface area contributed by atoms with Gasteiger partial charge < -0.3 is 19.7 Å². The van der Waals surface area contributed by atoms with E-state index in [4.69, 9.17) is 9.47 Å². The lowest BCUT2D eigenvalue weighted by molar-refractivity contribution is -0.145. The van der Waals surface area contributed by atoms with Gasteiger partial charge in [0.05, 0.1) is 25.5 Å². The fourth-order valence-corrected chi connectivity index (χ4v) is 1.94. The van der Waals surface area contributed by atoms with E-state index in [0.29, 0.717) is 44.3 Å². The standard InChI is InChI=1S/C14H18N2O4/c1-2-20-12-6-4-3-5-11(12)15-13(17)14(18)16-7-9-19-10-8-16/h3-6H,2,7-10H2,1H3,(H,15,17). The molecule has 2 amide bonds. The predicted octanol–water partition coefficient (Wildman–Crippen LogP) is 0.883. The number of amides is 2. The lowest BCUT2D eigenvalue weighted by atomic mass is 10.3. The van der Waals surface area contributed by atoms with Gasteiger partial charge in [-0.05, 0) is 19.1 Å². The fourth-order valence-electron chi connectivity index (χ4n) is 1.94. The maximum absolute atomic E-state index is 12.0. The number of hydrogen-bond acceptors (Lipinski definition) is 4. The quantitative estimate of drug-likeness (QED) is 0.834. The number of nitrogens with zero attached hydrogens (tertiary/aromatic N) is 1. The summed E-state index contributed by atoms with van der Waals surface area (Å²) in [6.07, 6.45) is 0. The summed E-state index contributed by atoms with van der Waals surface area (Å²) in [5.41, 5.74) is 0.501. The van der Waals surface area contributed by atoms with Gasteiger partial charge in [-0.25, -0.2) is 0 Å². The third-order valence-corrected chi connectivity index (χ3v) is 2.93. The van der Waals surface area contributed by atoms with E-state index in [2.05, 4.69) is 5.32 Å². The average molecular weight is 278 g/mol. The molecule has 0 unspecified atom stereocenters. The third kappa shape index (κ3) is 3.48. The Labute approximate surface area is 117 Å². The van der Waals surface area contributed by atoms with Crippen LogP contribution in [0.5, 0.6) is 5.75 Å². The van der Waals surface area contributed by atoms with Gasteiger partial charge in [-0.1, -0.05) is 12.1 Å². The maximum atomic E-state index is 12.0. The van der Waals surface area contributed by atoms with Crippen LogP contribution in [0.4, 0.5) is 5.69 Å². The van der Waals surface area contributed by atoms with Crippen molar-refractivity contribution in [3.05, 3.63) is 24.3 Å². The number of rotatable bonds is 3. The number of para-hydroxylation sites is 2. The summed E-state index contributed by atoms with van der Waals surface area (Å²) in [5, 5.41) is 2.60. The van der Waals surface area contributed by atoms with E-state index in [9.17, 15) is 9.59 Å². The van der Waals surface area contributed by atoms with Gasteiger partial charge in [0, 0.05) is 13.1 Å². The first-order valence-corrected chi connectivity index (χ1v) is 6.62. The zero-order chi connectivity index (χ0) is 14.4. The van der Waals surface area contributed by atoms with Crippen LogP contribution < -0.4 is 10.1 Å². The molecule has 1 N–H and O–H groups in total. The Morgan fingerprint density at radius 3 is 2.70 bits per heavy atom. The van der Waals surface area contributed by atoms with Gasteiger partial charge in [0.25, 0.3) is 0 Å². The lowest BCUT2D eigenvalue weighted by Gasteiger charge is -2.26. The van der Waals surface area contributed by atoms with Gasteiger partial charge in [-0.3, -0.25) is 9.59 Å². The minimum atomic E-state index is -0.654. The summed E-state index contributed by atoms with van der Waals surface area (Å²) in [6.45, 7) is 4.17. The van der Waals surface area contributed by atoms with Gasteiger partial charge >= 0.3 is 11.8 Å². The number of ether oxygens (including phenoxy) is 2. The molecule has 6 heteroatoms. The molecule has 1 fully saturated rings. The highest BCUT2D eigenvalue weighted by atomic mass is 16.5. The van der Waals surface area contributed by atoms with Crippen molar-refractivity contribution < 1.29 is 19.1 Å².